The van der Waals surface area contributed by atoms with E-state index in [0.29, 0.717) is 21.4 Å². The molecule has 0 bridgehead atoms. The number of piperidine rings is 1. The molecule has 1 N–H and O–H groups in total. The molecule has 0 atom stereocenters. The van der Waals surface area contributed by atoms with E-state index >= 15 is 0 Å². The molecule has 0 spiro atoms. The zero-order valence-corrected chi connectivity index (χ0v) is 20.9. The summed E-state index contributed by atoms with van der Waals surface area (Å²) < 4.78 is 15.3. The second-order valence-electron chi connectivity index (χ2n) is 9.10. The van der Waals surface area contributed by atoms with Gasteiger partial charge in [-0.3, -0.25) is 10.2 Å². The van der Waals surface area contributed by atoms with Crippen molar-refractivity contribution in [1.82, 2.24) is 20.2 Å². The summed E-state index contributed by atoms with van der Waals surface area (Å²) in [7, 11) is 0. The van der Waals surface area contributed by atoms with Crippen molar-refractivity contribution in [2.75, 3.05) is 13.1 Å². The fraction of sp³-hybridized carbons (Fsp3) is 0.333. The SMILES string of the molecule is O=C(NN1CCCCC1)c1nn(-c2ccc(Cl)cc2Cl)c2c1CCCCC2=Cc1ccc(F)cc1. The number of aromatic nitrogens is 2. The first-order valence-corrected chi connectivity index (χ1v) is 12.8. The third-order valence-corrected chi connectivity index (χ3v) is 7.13. The highest BCUT2D eigenvalue weighted by Crippen LogP contribution is 2.37. The fourth-order valence-electron chi connectivity index (χ4n) is 4.87. The molecule has 182 valence electrons. The molecule has 1 saturated heterocycles. The van der Waals surface area contributed by atoms with Crippen molar-refractivity contribution >= 4 is 40.8 Å². The minimum absolute atomic E-state index is 0.199. The summed E-state index contributed by atoms with van der Waals surface area (Å²) in [4.78, 5) is 13.4. The highest BCUT2D eigenvalue weighted by atomic mass is 35.5. The van der Waals surface area contributed by atoms with Crippen LogP contribution in [0.3, 0.4) is 0 Å². The third kappa shape index (κ3) is 5.30. The van der Waals surface area contributed by atoms with E-state index in [1.165, 1.54) is 18.6 Å². The lowest BCUT2D eigenvalue weighted by atomic mass is 10.0. The van der Waals surface area contributed by atoms with Crippen LogP contribution in [0.4, 0.5) is 4.39 Å². The third-order valence-electron chi connectivity index (χ3n) is 6.59. The van der Waals surface area contributed by atoms with E-state index in [4.69, 9.17) is 28.3 Å². The largest absolute Gasteiger partial charge is 0.286 e. The van der Waals surface area contributed by atoms with Gasteiger partial charge in [-0.25, -0.2) is 14.1 Å². The van der Waals surface area contributed by atoms with Crippen LogP contribution < -0.4 is 5.43 Å². The number of rotatable bonds is 4. The first-order chi connectivity index (χ1) is 17.0. The number of benzene rings is 2. The Morgan fingerprint density at radius 3 is 2.46 bits per heavy atom. The first-order valence-electron chi connectivity index (χ1n) is 12.1. The molecule has 0 saturated carbocycles. The molecular formula is C27H27Cl2FN4O. The Kier molecular flexibility index (Phi) is 7.23. The minimum atomic E-state index is -0.275. The second kappa shape index (κ2) is 10.5. The first kappa shape index (κ1) is 24.0. The molecular weight excluding hydrogens is 486 g/mol. The van der Waals surface area contributed by atoms with Crippen LogP contribution in [0.1, 0.15) is 65.8 Å². The summed E-state index contributed by atoms with van der Waals surface area (Å²) in [6.45, 7) is 1.68. The molecule has 35 heavy (non-hydrogen) atoms. The molecule has 2 heterocycles. The van der Waals surface area contributed by atoms with Crippen molar-refractivity contribution in [3.63, 3.8) is 0 Å². The maximum Gasteiger partial charge on any atom is 0.286 e. The molecule has 0 unspecified atom stereocenters. The van der Waals surface area contributed by atoms with E-state index in [-0.39, 0.29) is 11.7 Å². The Balaban J connectivity index is 1.64. The van der Waals surface area contributed by atoms with Crippen molar-refractivity contribution in [1.29, 1.82) is 0 Å². The number of hydrazine groups is 1. The maximum atomic E-state index is 13.5. The lowest BCUT2D eigenvalue weighted by molar-refractivity contribution is 0.0743. The Hall–Kier alpha value is -2.67. The molecule has 3 aromatic rings. The van der Waals surface area contributed by atoms with Crippen LogP contribution in [0.5, 0.6) is 0 Å². The van der Waals surface area contributed by atoms with Crippen molar-refractivity contribution in [2.45, 2.75) is 44.9 Å². The van der Waals surface area contributed by atoms with E-state index in [9.17, 15) is 9.18 Å². The average molecular weight is 513 g/mol. The number of carbonyl (C=O) groups is 1. The zero-order chi connectivity index (χ0) is 24.4. The van der Waals surface area contributed by atoms with E-state index in [0.717, 1.165) is 74.0 Å². The van der Waals surface area contributed by atoms with Crippen LogP contribution in [0, 0.1) is 5.82 Å². The molecule has 1 aliphatic carbocycles. The summed E-state index contributed by atoms with van der Waals surface area (Å²) in [6.07, 6.45) is 8.84. The van der Waals surface area contributed by atoms with Gasteiger partial charge in [0.1, 0.15) is 5.82 Å². The van der Waals surface area contributed by atoms with Gasteiger partial charge in [0.05, 0.1) is 16.4 Å². The van der Waals surface area contributed by atoms with Gasteiger partial charge in [0.2, 0.25) is 0 Å². The standard InChI is InChI=1S/C27H27Cl2FN4O/c28-20-10-13-24(23(29)17-20)34-26-19(16-18-8-11-21(30)12-9-18)6-2-3-7-22(26)25(31-34)27(35)32-33-14-4-1-5-15-33/h8-13,16-17H,1-7,14-15H2,(H,32,35). The molecule has 1 aromatic heterocycles. The van der Waals surface area contributed by atoms with Crippen LogP contribution in [0.2, 0.25) is 10.0 Å². The fourth-order valence-corrected chi connectivity index (χ4v) is 5.35. The number of hydrogen-bond donors (Lipinski definition) is 1. The number of fused-ring (bicyclic) bond motifs is 1. The van der Waals surface area contributed by atoms with Gasteiger partial charge in [-0.1, -0.05) is 41.8 Å². The molecule has 2 aliphatic rings. The predicted octanol–water partition coefficient (Wildman–Crippen LogP) is 6.72. The Labute approximate surface area is 214 Å². The van der Waals surface area contributed by atoms with Crippen LogP contribution in [0.15, 0.2) is 42.5 Å². The van der Waals surface area contributed by atoms with Crippen LogP contribution >= 0.6 is 23.2 Å². The van der Waals surface area contributed by atoms with Gasteiger partial charge in [0.25, 0.3) is 5.91 Å². The van der Waals surface area contributed by atoms with E-state index in [1.54, 1.807) is 28.9 Å². The highest BCUT2D eigenvalue weighted by Gasteiger charge is 2.29. The molecule has 0 radical (unpaired) electrons. The number of carbonyl (C=O) groups excluding carboxylic acids is 1. The van der Waals surface area contributed by atoms with E-state index < -0.39 is 0 Å². The molecule has 1 amide bonds. The van der Waals surface area contributed by atoms with Crippen LogP contribution in [-0.4, -0.2) is 33.8 Å². The van der Waals surface area contributed by atoms with Gasteiger partial charge in [0.15, 0.2) is 5.69 Å². The molecule has 1 fully saturated rings. The molecule has 1 aliphatic heterocycles. The van der Waals surface area contributed by atoms with Gasteiger partial charge in [-0.2, -0.15) is 5.10 Å². The summed E-state index contributed by atoms with van der Waals surface area (Å²) in [5, 5.41) is 7.78. The van der Waals surface area contributed by atoms with E-state index in [1.807, 2.05) is 11.1 Å². The van der Waals surface area contributed by atoms with Crippen molar-refractivity contribution in [3.05, 3.63) is 80.8 Å². The number of halogens is 3. The second-order valence-corrected chi connectivity index (χ2v) is 9.94. The number of nitrogens with zero attached hydrogens (tertiary/aromatic N) is 3. The Morgan fingerprint density at radius 2 is 1.71 bits per heavy atom. The van der Waals surface area contributed by atoms with E-state index in [2.05, 4.69) is 11.5 Å². The van der Waals surface area contributed by atoms with Crippen LogP contribution in [-0.2, 0) is 6.42 Å². The molecule has 5 rings (SSSR count). The number of nitrogens with one attached hydrogen (secondary N) is 1. The summed E-state index contributed by atoms with van der Waals surface area (Å²) >= 11 is 12.8. The van der Waals surface area contributed by atoms with Gasteiger partial charge in [-0.05, 0) is 86.1 Å². The van der Waals surface area contributed by atoms with Gasteiger partial charge in [-0.15, -0.1) is 0 Å². The van der Waals surface area contributed by atoms with Gasteiger partial charge in [0, 0.05) is 23.7 Å². The topological polar surface area (TPSA) is 50.2 Å². The predicted molar refractivity (Wildman–Crippen MR) is 138 cm³/mol. The Morgan fingerprint density at radius 1 is 0.971 bits per heavy atom. The summed E-state index contributed by atoms with van der Waals surface area (Å²) in [6, 6.07) is 11.7. The summed E-state index contributed by atoms with van der Waals surface area (Å²) in [5.74, 6) is -0.474. The monoisotopic (exact) mass is 512 g/mol. The highest BCUT2D eigenvalue weighted by molar-refractivity contribution is 6.35. The minimum Gasteiger partial charge on any atom is -0.283 e. The zero-order valence-electron chi connectivity index (χ0n) is 19.4. The van der Waals surface area contributed by atoms with Crippen LogP contribution in [0.25, 0.3) is 17.3 Å². The lowest BCUT2D eigenvalue weighted by Crippen LogP contribution is -2.45. The van der Waals surface area contributed by atoms with Crippen molar-refractivity contribution in [3.8, 4) is 5.69 Å². The van der Waals surface area contributed by atoms with Gasteiger partial charge >= 0.3 is 0 Å². The molecule has 2 aromatic carbocycles. The normalized spacial score (nSPS) is 17.7. The van der Waals surface area contributed by atoms with Crippen molar-refractivity contribution < 1.29 is 9.18 Å². The smallest absolute Gasteiger partial charge is 0.283 e. The lowest BCUT2D eigenvalue weighted by Gasteiger charge is -2.26. The van der Waals surface area contributed by atoms with Gasteiger partial charge < -0.3 is 0 Å². The molecule has 8 heteroatoms. The summed E-state index contributed by atoms with van der Waals surface area (Å²) in [5.41, 5.74) is 7.87. The molecule has 5 nitrogen and oxygen atoms in total. The quantitative estimate of drug-likeness (QED) is 0.395. The average Bonchev–Trinajstić information content (AvgIpc) is 3.10. The Bertz CT molecular complexity index is 1260. The number of hydrogen-bond acceptors (Lipinski definition) is 3. The number of allylic oxidation sites excluding steroid dienone is 1. The maximum absolute atomic E-state index is 13.5. The van der Waals surface area contributed by atoms with Crippen molar-refractivity contribution in [2.24, 2.45) is 0 Å². The number of amides is 1.